The Hall–Kier alpha value is -2.27. The Morgan fingerprint density at radius 2 is 2.11 bits per heavy atom. The van der Waals surface area contributed by atoms with Crippen LogP contribution in [0, 0.1) is 5.82 Å². The van der Waals surface area contributed by atoms with Crippen LogP contribution in [0.1, 0.15) is 5.56 Å². The number of nitrogens with zero attached hydrogens (tertiary/aromatic N) is 3. The zero-order valence-corrected chi connectivity index (χ0v) is 9.55. The van der Waals surface area contributed by atoms with E-state index in [0.717, 1.165) is 11.2 Å². The van der Waals surface area contributed by atoms with Crippen molar-refractivity contribution in [3.63, 3.8) is 0 Å². The maximum Gasteiger partial charge on any atom is 0.141 e. The van der Waals surface area contributed by atoms with Gasteiger partial charge in [0.05, 0.1) is 11.9 Å². The lowest BCUT2D eigenvalue weighted by molar-refractivity contribution is 0.622. The molecular weight excluding hydrogens is 231 g/mol. The summed E-state index contributed by atoms with van der Waals surface area (Å²) in [5.74, 6) is -0.354. The Morgan fingerprint density at radius 3 is 2.83 bits per heavy atom. The minimum atomic E-state index is -0.354. The fourth-order valence-corrected chi connectivity index (χ4v) is 1.80. The molecule has 0 unspecified atom stereocenters. The second-order valence-electron chi connectivity index (χ2n) is 3.99. The second-order valence-corrected chi connectivity index (χ2v) is 3.99. The van der Waals surface area contributed by atoms with E-state index in [9.17, 15) is 4.39 Å². The number of hydrogen-bond acceptors (Lipinski definition) is 3. The molecule has 0 bridgehead atoms. The van der Waals surface area contributed by atoms with Crippen LogP contribution in [0.5, 0.6) is 0 Å². The van der Waals surface area contributed by atoms with Crippen LogP contribution in [-0.2, 0) is 6.54 Å². The van der Waals surface area contributed by atoms with Gasteiger partial charge in [0.15, 0.2) is 0 Å². The average molecular weight is 242 g/mol. The molecule has 0 atom stereocenters. The van der Waals surface area contributed by atoms with Crippen LogP contribution in [0.15, 0.2) is 42.9 Å². The monoisotopic (exact) mass is 242 g/mol. The summed E-state index contributed by atoms with van der Waals surface area (Å²) >= 11 is 0. The fourth-order valence-electron chi connectivity index (χ4n) is 1.80. The highest BCUT2D eigenvalue weighted by molar-refractivity contribution is 5.59. The molecule has 0 spiro atoms. The van der Waals surface area contributed by atoms with Gasteiger partial charge in [0.1, 0.15) is 17.2 Å². The molecule has 3 aromatic heterocycles. The van der Waals surface area contributed by atoms with Crippen LogP contribution in [0.2, 0.25) is 0 Å². The summed E-state index contributed by atoms with van der Waals surface area (Å²) in [6, 6.07) is 6.85. The molecule has 18 heavy (non-hydrogen) atoms. The molecule has 0 aliphatic heterocycles. The molecule has 0 saturated carbocycles. The van der Waals surface area contributed by atoms with Gasteiger partial charge in [-0.15, -0.1) is 0 Å². The lowest BCUT2D eigenvalue weighted by atomic mass is 10.3. The number of rotatable bonds is 2. The van der Waals surface area contributed by atoms with E-state index >= 15 is 0 Å². The van der Waals surface area contributed by atoms with E-state index in [1.54, 1.807) is 6.07 Å². The van der Waals surface area contributed by atoms with E-state index in [4.69, 9.17) is 5.73 Å². The first kappa shape index (κ1) is 10.9. The predicted molar refractivity (Wildman–Crippen MR) is 66.3 cm³/mol. The number of hydrogen-bond donors (Lipinski definition) is 1. The van der Waals surface area contributed by atoms with E-state index in [2.05, 4.69) is 9.97 Å². The van der Waals surface area contributed by atoms with Crippen LogP contribution in [0.25, 0.3) is 17.0 Å². The molecule has 0 radical (unpaired) electrons. The van der Waals surface area contributed by atoms with E-state index in [-0.39, 0.29) is 5.82 Å². The molecule has 0 saturated heterocycles. The topological polar surface area (TPSA) is 56.2 Å². The molecule has 4 nitrogen and oxygen atoms in total. The first-order chi connectivity index (χ1) is 8.76. The Balaban J connectivity index is 2.10. The van der Waals surface area contributed by atoms with Gasteiger partial charge >= 0.3 is 0 Å². The molecule has 90 valence electrons. The van der Waals surface area contributed by atoms with E-state index in [0.29, 0.717) is 17.9 Å². The minimum Gasteiger partial charge on any atom is -0.326 e. The van der Waals surface area contributed by atoms with E-state index in [1.165, 1.54) is 12.3 Å². The van der Waals surface area contributed by atoms with Crippen molar-refractivity contribution >= 4 is 5.65 Å². The van der Waals surface area contributed by atoms with Gasteiger partial charge in [-0.05, 0) is 29.8 Å². The molecule has 2 N–H and O–H groups in total. The number of aromatic nitrogens is 3. The van der Waals surface area contributed by atoms with Crippen molar-refractivity contribution in [3.05, 3.63) is 54.2 Å². The predicted octanol–water partition coefficient (Wildman–Crippen LogP) is 1.99. The summed E-state index contributed by atoms with van der Waals surface area (Å²) in [6.07, 6.45) is 4.94. The Morgan fingerprint density at radius 1 is 1.22 bits per heavy atom. The molecule has 0 aliphatic rings. The van der Waals surface area contributed by atoms with Gasteiger partial charge in [0.2, 0.25) is 0 Å². The summed E-state index contributed by atoms with van der Waals surface area (Å²) in [6.45, 7) is 0.480. The van der Waals surface area contributed by atoms with Crippen LogP contribution < -0.4 is 5.73 Å². The van der Waals surface area contributed by atoms with Gasteiger partial charge in [-0.2, -0.15) is 0 Å². The van der Waals surface area contributed by atoms with Crippen LogP contribution in [0.4, 0.5) is 4.39 Å². The summed E-state index contributed by atoms with van der Waals surface area (Å²) in [5.41, 5.74) is 8.77. The maximum absolute atomic E-state index is 12.8. The quantitative estimate of drug-likeness (QED) is 0.747. The van der Waals surface area contributed by atoms with Gasteiger partial charge in [-0.3, -0.25) is 4.98 Å². The van der Waals surface area contributed by atoms with Crippen molar-refractivity contribution in [3.8, 4) is 11.4 Å². The Kier molecular flexibility index (Phi) is 2.53. The number of fused-ring (bicyclic) bond motifs is 1. The zero-order valence-electron chi connectivity index (χ0n) is 9.55. The van der Waals surface area contributed by atoms with Gasteiger partial charge in [0.25, 0.3) is 0 Å². The van der Waals surface area contributed by atoms with Crippen molar-refractivity contribution in [2.75, 3.05) is 0 Å². The number of pyridine rings is 2. The molecular formula is C13H11FN4. The molecule has 3 aromatic rings. The first-order valence-corrected chi connectivity index (χ1v) is 5.56. The lowest BCUT2D eigenvalue weighted by Gasteiger charge is -1.96. The van der Waals surface area contributed by atoms with Crippen LogP contribution in [0.3, 0.4) is 0 Å². The third kappa shape index (κ3) is 1.84. The SMILES string of the molecule is NCc1ccn2cc(-c3ccc(F)cn3)nc2c1. The van der Waals surface area contributed by atoms with Crippen LogP contribution in [-0.4, -0.2) is 14.4 Å². The van der Waals surface area contributed by atoms with Crippen molar-refractivity contribution in [1.29, 1.82) is 0 Å². The molecule has 3 rings (SSSR count). The molecule has 3 heterocycles. The normalized spacial score (nSPS) is 11.0. The number of halogens is 1. The minimum absolute atomic E-state index is 0.354. The molecule has 0 aromatic carbocycles. The van der Waals surface area contributed by atoms with Crippen molar-refractivity contribution in [2.45, 2.75) is 6.54 Å². The summed E-state index contributed by atoms with van der Waals surface area (Å²) in [5, 5.41) is 0. The second kappa shape index (κ2) is 4.19. The highest BCUT2D eigenvalue weighted by Gasteiger charge is 2.06. The fraction of sp³-hybridized carbons (Fsp3) is 0.0769. The van der Waals surface area contributed by atoms with Gasteiger partial charge in [-0.25, -0.2) is 9.37 Å². The highest BCUT2D eigenvalue weighted by atomic mass is 19.1. The zero-order chi connectivity index (χ0) is 12.5. The summed E-state index contributed by atoms with van der Waals surface area (Å²) in [4.78, 5) is 8.45. The molecule has 0 aliphatic carbocycles. The summed E-state index contributed by atoms with van der Waals surface area (Å²) in [7, 11) is 0. The Labute approximate surface area is 103 Å². The molecule has 0 amide bonds. The first-order valence-electron chi connectivity index (χ1n) is 5.56. The molecule has 0 fully saturated rings. The molecule has 5 heteroatoms. The average Bonchev–Trinajstić information content (AvgIpc) is 2.82. The third-order valence-electron chi connectivity index (χ3n) is 2.75. The standard InChI is InChI=1S/C13H11FN4/c14-10-1-2-11(16-7-10)12-8-18-4-3-9(6-15)5-13(18)17-12/h1-5,7-8H,6,15H2. The third-order valence-corrected chi connectivity index (χ3v) is 2.75. The highest BCUT2D eigenvalue weighted by Crippen LogP contribution is 2.17. The number of imidazole rings is 1. The lowest BCUT2D eigenvalue weighted by Crippen LogP contribution is -1.96. The van der Waals surface area contributed by atoms with Crippen LogP contribution >= 0.6 is 0 Å². The van der Waals surface area contributed by atoms with E-state index < -0.39 is 0 Å². The van der Waals surface area contributed by atoms with Gasteiger partial charge in [0, 0.05) is 18.9 Å². The maximum atomic E-state index is 12.8. The van der Waals surface area contributed by atoms with Crippen molar-refractivity contribution < 1.29 is 4.39 Å². The van der Waals surface area contributed by atoms with E-state index in [1.807, 2.05) is 28.9 Å². The van der Waals surface area contributed by atoms with Crippen molar-refractivity contribution in [1.82, 2.24) is 14.4 Å². The number of nitrogens with two attached hydrogens (primary N) is 1. The summed E-state index contributed by atoms with van der Waals surface area (Å²) < 4.78 is 14.7. The van der Waals surface area contributed by atoms with Gasteiger partial charge in [-0.1, -0.05) is 0 Å². The largest absolute Gasteiger partial charge is 0.326 e. The van der Waals surface area contributed by atoms with Gasteiger partial charge < -0.3 is 10.1 Å². The Bertz CT molecular complexity index is 688. The van der Waals surface area contributed by atoms with Crippen molar-refractivity contribution in [2.24, 2.45) is 5.73 Å². The smallest absolute Gasteiger partial charge is 0.141 e.